The van der Waals surface area contributed by atoms with E-state index >= 15 is 0 Å². The van der Waals surface area contributed by atoms with E-state index in [9.17, 15) is 15.2 Å². The SMILES string of the molecule is C[C@@H](O)[C@@H](N)c1ccc(Cl)c([N+](=O)[O-])c1. The summed E-state index contributed by atoms with van der Waals surface area (Å²) in [5.41, 5.74) is 5.92. The molecule has 82 valence electrons. The van der Waals surface area contributed by atoms with E-state index in [2.05, 4.69) is 0 Å². The number of halogens is 1. The third-order valence-electron chi connectivity index (χ3n) is 2.07. The first kappa shape index (κ1) is 11.9. The van der Waals surface area contributed by atoms with Gasteiger partial charge < -0.3 is 10.8 Å². The summed E-state index contributed by atoms with van der Waals surface area (Å²) in [6.07, 6.45) is -0.772. The van der Waals surface area contributed by atoms with Crippen LogP contribution in [0, 0.1) is 10.1 Å². The van der Waals surface area contributed by atoms with Crippen LogP contribution in [0.15, 0.2) is 18.2 Å². The molecule has 0 saturated carbocycles. The van der Waals surface area contributed by atoms with Gasteiger partial charge in [-0.1, -0.05) is 17.7 Å². The van der Waals surface area contributed by atoms with Crippen LogP contribution in [0.5, 0.6) is 0 Å². The molecule has 0 unspecified atom stereocenters. The summed E-state index contributed by atoms with van der Waals surface area (Å²) in [5.74, 6) is 0. The quantitative estimate of drug-likeness (QED) is 0.610. The number of aliphatic hydroxyl groups excluding tert-OH is 1. The van der Waals surface area contributed by atoms with Crippen LogP contribution < -0.4 is 5.73 Å². The predicted molar refractivity (Wildman–Crippen MR) is 56.7 cm³/mol. The number of nitrogens with two attached hydrogens (primary N) is 1. The van der Waals surface area contributed by atoms with Crippen molar-refractivity contribution < 1.29 is 10.0 Å². The number of benzene rings is 1. The Hall–Kier alpha value is -1.17. The van der Waals surface area contributed by atoms with Gasteiger partial charge in [-0.15, -0.1) is 0 Å². The molecule has 1 aromatic carbocycles. The fraction of sp³-hybridized carbons (Fsp3) is 0.333. The molecule has 0 radical (unpaired) electrons. The zero-order chi connectivity index (χ0) is 11.6. The zero-order valence-corrected chi connectivity index (χ0v) is 8.81. The van der Waals surface area contributed by atoms with Gasteiger partial charge in [-0.3, -0.25) is 10.1 Å². The normalized spacial score (nSPS) is 14.7. The first-order valence-corrected chi connectivity index (χ1v) is 4.68. The lowest BCUT2D eigenvalue weighted by Crippen LogP contribution is -2.23. The summed E-state index contributed by atoms with van der Waals surface area (Å²) in [7, 11) is 0. The summed E-state index contributed by atoms with van der Waals surface area (Å²) >= 11 is 5.63. The van der Waals surface area contributed by atoms with Crippen molar-refractivity contribution in [1.29, 1.82) is 0 Å². The second kappa shape index (κ2) is 4.57. The molecule has 0 aliphatic rings. The number of rotatable bonds is 3. The molecule has 5 nitrogen and oxygen atoms in total. The van der Waals surface area contributed by atoms with E-state index in [0.717, 1.165) is 0 Å². The number of nitrogens with zero attached hydrogens (tertiary/aromatic N) is 1. The minimum atomic E-state index is -0.772. The maximum Gasteiger partial charge on any atom is 0.288 e. The standard InChI is InChI=1S/C9H11ClN2O3/c1-5(13)9(11)6-2-3-7(10)8(4-6)12(14)15/h2-5,9,13H,11H2,1H3/t5-,9-/m1/s1. The van der Waals surface area contributed by atoms with Crippen molar-refractivity contribution in [2.45, 2.75) is 19.1 Å². The lowest BCUT2D eigenvalue weighted by Gasteiger charge is -2.14. The third-order valence-corrected chi connectivity index (χ3v) is 2.39. The Morgan fingerprint density at radius 2 is 2.20 bits per heavy atom. The molecule has 0 spiro atoms. The average molecular weight is 231 g/mol. The van der Waals surface area contributed by atoms with Gasteiger partial charge in [-0.25, -0.2) is 0 Å². The van der Waals surface area contributed by atoms with E-state index in [1.54, 1.807) is 6.07 Å². The van der Waals surface area contributed by atoms with Crippen LogP contribution in [0.25, 0.3) is 0 Å². The molecular formula is C9H11ClN2O3. The van der Waals surface area contributed by atoms with Crippen LogP contribution in [-0.4, -0.2) is 16.1 Å². The first-order valence-electron chi connectivity index (χ1n) is 4.31. The Morgan fingerprint density at radius 1 is 1.60 bits per heavy atom. The molecule has 2 atom stereocenters. The Labute approximate surface area is 91.6 Å². The molecule has 0 aliphatic heterocycles. The molecule has 0 heterocycles. The van der Waals surface area contributed by atoms with Crippen LogP contribution >= 0.6 is 11.6 Å². The molecule has 3 N–H and O–H groups in total. The average Bonchev–Trinajstić information content (AvgIpc) is 2.16. The number of hydrogen-bond acceptors (Lipinski definition) is 4. The van der Waals surface area contributed by atoms with Crippen LogP contribution in [-0.2, 0) is 0 Å². The molecule has 0 aromatic heterocycles. The summed E-state index contributed by atoms with van der Waals surface area (Å²) in [4.78, 5) is 10.0. The molecule has 0 saturated heterocycles. The maximum atomic E-state index is 10.6. The minimum Gasteiger partial charge on any atom is -0.391 e. The minimum absolute atomic E-state index is 0.0570. The van der Waals surface area contributed by atoms with Gasteiger partial charge in [-0.2, -0.15) is 0 Å². The van der Waals surface area contributed by atoms with Crippen molar-refractivity contribution in [1.82, 2.24) is 0 Å². The Kier molecular flexibility index (Phi) is 3.62. The van der Waals surface area contributed by atoms with Gasteiger partial charge >= 0.3 is 0 Å². The Morgan fingerprint density at radius 3 is 2.67 bits per heavy atom. The van der Waals surface area contributed by atoms with Crippen molar-refractivity contribution in [3.63, 3.8) is 0 Å². The van der Waals surface area contributed by atoms with E-state index < -0.39 is 17.1 Å². The van der Waals surface area contributed by atoms with Crippen molar-refractivity contribution in [3.05, 3.63) is 38.9 Å². The highest BCUT2D eigenvalue weighted by molar-refractivity contribution is 6.32. The summed E-state index contributed by atoms with van der Waals surface area (Å²) in [6, 6.07) is 3.59. The number of nitro groups is 1. The summed E-state index contributed by atoms with van der Waals surface area (Å²) < 4.78 is 0. The molecule has 0 aliphatic carbocycles. The van der Waals surface area contributed by atoms with Crippen molar-refractivity contribution in [2.24, 2.45) is 5.73 Å². The molecule has 0 amide bonds. The third kappa shape index (κ3) is 2.65. The number of nitro benzene ring substituents is 1. The number of aliphatic hydroxyl groups is 1. The van der Waals surface area contributed by atoms with Gasteiger partial charge in [0.05, 0.1) is 17.1 Å². The molecule has 0 fully saturated rings. The van der Waals surface area contributed by atoms with E-state index in [4.69, 9.17) is 17.3 Å². The van der Waals surface area contributed by atoms with Crippen LogP contribution in [0.3, 0.4) is 0 Å². The van der Waals surface area contributed by atoms with E-state index in [1.165, 1.54) is 19.1 Å². The van der Waals surface area contributed by atoms with Crippen molar-refractivity contribution >= 4 is 17.3 Å². The molecule has 6 heteroatoms. The fourth-order valence-corrected chi connectivity index (χ4v) is 1.34. The molecule has 15 heavy (non-hydrogen) atoms. The number of hydrogen-bond donors (Lipinski definition) is 2. The molecule has 1 rings (SSSR count). The lowest BCUT2D eigenvalue weighted by atomic mass is 10.0. The summed E-state index contributed by atoms with van der Waals surface area (Å²) in [6.45, 7) is 1.52. The van der Waals surface area contributed by atoms with Gasteiger partial charge in [0, 0.05) is 6.07 Å². The van der Waals surface area contributed by atoms with Crippen LogP contribution in [0.2, 0.25) is 5.02 Å². The molecule has 0 bridgehead atoms. The van der Waals surface area contributed by atoms with E-state index in [-0.39, 0.29) is 10.7 Å². The monoisotopic (exact) mass is 230 g/mol. The van der Waals surface area contributed by atoms with Gasteiger partial charge in [0.25, 0.3) is 5.69 Å². The highest BCUT2D eigenvalue weighted by atomic mass is 35.5. The van der Waals surface area contributed by atoms with Crippen molar-refractivity contribution in [3.8, 4) is 0 Å². The van der Waals surface area contributed by atoms with E-state index in [1.807, 2.05) is 0 Å². The molecular weight excluding hydrogens is 220 g/mol. The van der Waals surface area contributed by atoms with Gasteiger partial charge in [0.1, 0.15) is 5.02 Å². The van der Waals surface area contributed by atoms with Gasteiger partial charge in [0.15, 0.2) is 0 Å². The lowest BCUT2D eigenvalue weighted by molar-refractivity contribution is -0.384. The largest absolute Gasteiger partial charge is 0.391 e. The first-order chi connectivity index (χ1) is 6.93. The highest BCUT2D eigenvalue weighted by Gasteiger charge is 2.18. The van der Waals surface area contributed by atoms with Crippen LogP contribution in [0.1, 0.15) is 18.5 Å². The van der Waals surface area contributed by atoms with E-state index in [0.29, 0.717) is 5.56 Å². The predicted octanol–water partition coefficient (Wildman–Crippen LogP) is 1.63. The fourth-order valence-electron chi connectivity index (χ4n) is 1.16. The highest BCUT2D eigenvalue weighted by Crippen LogP contribution is 2.27. The van der Waals surface area contributed by atoms with Crippen molar-refractivity contribution in [2.75, 3.05) is 0 Å². The topological polar surface area (TPSA) is 89.4 Å². The smallest absolute Gasteiger partial charge is 0.288 e. The zero-order valence-electron chi connectivity index (χ0n) is 8.05. The van der Waals surface area contributed by atoms with Gasteiger partial charge in [0.2, 0.25) is 0 Å². The Bertz CT molecular complexity index is 382. The molecule has 1 aromatic rings. The second-order valence-electron chi connectivity index (χ2n) is 3.23. The maximum absolute atomic E-state index is 10.6. The van der Waals surface area contributed by atoms with Crippen LogP contribution in [0.4, 0.5) is 5.69 Å². The summed E-state index contributed by atoms with van der Waals surface area (Å²) in [5, 5.41) is 19.9. The Balaban J connectivity index is 3.13. The van der Waals surface area contributed by atoms with Gasteiger partial charge in [-0.05, 0) is 18.6 Å². The second-order valence-corrected chi connectivity index (χ2v) is 3.64.